The summed E-state index contributed by atoms with van der Waals surface area (Å²) < 4.78 is 10.7. The fourth-order valence-electron chi connectivity index (χ4n) is 3.99. The van der Waals surface area contributed by atoms with Gasteiger partial charge in [0.05, 0.1) is 19.4 Å². The standard InChI is InChI=1S/C24H37N5O2.HI/c1-25-24(27-22-10-12-29(13-11-22)14-16-30-3)26-17-20-7-4-5-8-21(20)18-28(2)19-23-9-6-15-31-23;/h4-9,15,22H,10-14,16-19H2,1-3H3,(H2,25,26,27);1H. The number of hydrogen-bond donors (Lipinski definition) is 2. The Bertz CT molecular complexity index is 791. The van der Waals surface area contributed by atoms with E-state index in [-0.39, 0.29) is 24.0 Å². The van der Waals surface area contributed by atoms with Crippen LogP contribution in [0.5, 0.6) is 0 Å². The lowest BCUT2D eigenvalue weighted by Gasteiger charge is -2.32. The third kappa shape index (κ3) is 8.73. The number of likely N-dealkylation sites (tertiary alicyclic amines) is 1. The maximum absolute atomic E-state index is 5.48. The van der Waals surface area contributed by atoms with Crippen molar-refractivity contribution in [1.29, 1.82) is 0 Å². The highest BCUT2D eigenvalue weighted by Gasteiger charge is 2.19. The molecule has 2 N–H and O–H groups in total. The molecule has 1 aliphatic heterocycles. The molecule has 1 aromatic heterocycles. The number of guanidine groups is 1. The van der Waals surface area contributed by atoms with Gasteiger partial charge in [0.25, 0.3) is 0 Å². The van der Waals surface area contributed by atoms with Crippen LogP contribution in [0.4, 0.5) is 0 Å². The molecule has 0 atom stereocenters. The monoisotopic (exact) mass is 555 g/mol. The van der Waals surface area contributed by atoms with Crippen LogP contribution in [0, 0.1) is 0 Å². The number of rotatable bonds is 10. The normalized spacial score (nSPS) is 15.6. The van der Waals surface area contributed by atoms with Gasteiger partial charge >= 0.3 is 0 Å². The minimum Gasteiger partial charge on any atom is -0.468 e. The first-order valence-electron chi connectivity index (χ1n) is 11.1. The van der Waals surface area contributed by atoms with Crippen molar-refractivity contribution in [2.75, 3.05) is 47.4 Å². The Kier molecular flexibility index (Phi) is 12.1. The Hall–Kier alpha value is -1.62. The molecule has 0 amide bonds. The third-order valence-corrected chi connectivity index (χ3v) is 5.77. The molecule has 1 fully saturated rings. The summed E-state index contributed by atoms with van der Waals surface area (Å²) in [6.45, 7) is 6.42. The van der Waals surface area contributed by atoms with E-state index in [4.69, 9.17) is 9.15 Å². The number of halogens is 1. The van der Waals surface area contributed by atoms with Crippen LogP contribution in [-0.4, -0.2) is 69.2 Å². The Morgan fingerprint density at radius 3 is 2.56 bits per heavy atom. The molecule has 3 rings (SSSR count). The predicted molar refractivity (Wildman–Crippen MR) is 140 cm³/mol. The van der Waals surface area contributed by atoms with Gasteiger partial charge in [-0.3, -0.25) is 9.89 Å². The third-order valence-electron chi connectivity index (χ3n) is 5.77. The topological polar surface area (TPSA) is 65.3 Å². The summed E-state index contributed by atoms with van der Waals surface area (Å²) in [7, 11) is 5.72. The number of ether oxygens (including phenoxy) is 1. The van der Waals surface area contributed by atoms with Gasteiger partial charge < -0.3 is 24.7 Å². The minimum atomic E-state index is 0. The molecule has 2 heterocycles. The molecule has 7 nitrogen and oxygen atoms in total. The van der Waals surface area contributed by atoms with Gasteiger partial charge in [-0.05, 0) is 43.1 Å². The summed E-state index contributed by atoms with van der Waals surface area (Å²) in [5.41, 5.74) is 2.59. The smallest absolute Gasteiger partial charge is 0.191 e. The van der Waals surface area contributed by atoms with Gasteiger partial charge in [0.2, 0.25) is 0 Å². The number of aliphatic imine (C=N–C) groups is 1. The SMILES string of the molecule is CN=C(NCc1ccccc1CN(C)Cc1ccco1)NC1CCN(CCOC)CC1.I. The predicted octanol–water partition coefficient (Wildman–Crippen LogP) is 3.31. The molecular formula is C24H38IN5O2. The van der Waals surface area contributed by atoms with E-state index < -0.39 is 0 Å². The van der Waals surface area contributed by atoms with Gasteiger partial charge in [-0.1, -0.05) is 24.3 Å². The van der Waals surface area contributed by atoms with E-state index in [1.54, 1.807) is 13.4 Å². The Morgan fingerprint density at radius 2 is 1.91 bits per heavy atom. The summed E-state index contributed by atoms with van der Waals surface area (Å²) >= 11 is 0. The van der Waals surface area contributed by atoms with E-state index in [1.807, 2.05) is 19.2 Å². The molecule has 2 aromatic rings. The van der Waals surface area contributed by atoms with E-state index >= 15 is 0 Å². The molecule has 32 heavy (non-hydrogen) atoms. The second kappa shape index (κ2) is 14.5. The van der Waals surface area contributed by atoms with Crippen molar-refractivity contribution in [2.45, 2.75) is 38.5 Å². The summed E-state index contributed by atoms with van der Waals surface area (Å²) in [5, 5.41) is 7.11. The molecule has 8 heteroatoms. The van der Waals surface area contributed by atoms with Crippen LogP contribution in [0.2, 0.25) is 0 Å². The van der Waals surface area contributed by atoms with Crippen molar-refractivity contribution in [3.05, 3.63) is 59.5 Å². The molecule has 1 aliphatic rings. The van der Waals surface area contributed by atoms with E-state index in [0.717, 1.165) is 70.4 Å². The van der Waals surface area contributed by atoms with E-state index in [1.165, 1.54) is 11.1 Å². The van der Waals surface area contributed by atoms with Crippen molar-refractivity contribution in [2.24, 2.45) is 4.99 Å². The Morgan fingerprint density at radius 1 is 1.16 bits per heavy atom. The molecule has 178 valence electrons. The van der Waals surface area contributed by atoms with Crippen molar-refractivity contribution >= 4 is 29.9 Å². The lowest BCUT2D eigenvalue weighted by Crippen LogP contribution is -2.48. The highest BCUT2D eigenvalue weighted by Crippen LogP contribution is 2.14. The average molecular weight is 556 g/mol. The van der Waals surface area contributed by atoms with Crippen LogP contribution in [0.1, 0.15) is 29.7 Å². The second-order valence-corrected chi connectivity index (χ2v) is 8.20. The maximum Gasteiger partial charge on any atom is 0.191 e. The molecule has 0 aliphatic carbocycles. The zero-order chi connectivity index (χ0) is 21.9. The van der Waals surface area contributed by atoms with E-state index in [2.05, 4.69) is 56.7 Å². The molecule has 0 unspecified atom stereocenters. The van der Waals surface area contributed by atoms with Crippen LogP contribution in [0.15, 0.2) is 52.1 Å². The van der Waals surface area contributed by atoms with Crippen LogP contribution < -0.4 is 10.6 Å². The molecule has 1 saturated heterocycles. The number of methoxy groups -OCH3 is 1. The fraction of sp³-hybridized carbons (Fsp3) is 0.542. The van der Waals surface area contributed by atoms with Crippen LogP contribution >= 0.6 is 24.0 Å². The molecule has 0 radical (unpaired) electrons. The molecule has 0 spiro atoms. The number of nitrogens with zero attached hydrogens (tertiary/aromatic N) is 3. The zero-order valence-corrected chi connectivity index (χ0v) is 21.9. The number of benzene rings is 1. The van der Waals surface area contributed by atoms with Crippen LogP contribution in [0.25, 0.3) is 0 Å². The second-order valence-electron chi connectivity index (χ2n) is 8.20. The van der Waals surface area contributed by atoms with Gasteiger partial charge in [0.15, 0.2) is 5.96 Å². The Labute approximate surface area is 209 Å². The Balaban J connectivity index is 0.00000363. The van der Waals surface area contributed by atoms with Gasteiger partial charge in [-0.2, -0.15) is 0 Å². The van der Waals surface area contributed by atoms with Crippen LogP contribution in [-0.2, 0) is 24.4 Å². The molecule has 1 aromatic carbocycles. The zero-order valence-electron chi connectivity index (χ0n) is 19.5. The first-order chi connectivity index (χ1) is 15.2. The van der Waals surface area contributed by atoms with Crippen molar-refractivity contribution < 1.29 is 9.15 Å². The molecule has 0 bridgehead atoms. The first kappa shape index (κ1) is 26.6. The van der Waals surface area contributed by atoms with Gasteiger partial charge in [-0.15, -0.1) is 24.0 Å². The summed E-state index contributed by atoms with van der Waals surface area (Å²) in [6, 6.07) is 13.0. The van der Waals surface area contributed by atoms with Crippen molar-refractivity contribution in [3.63, 3.8) is 0 Å². The average Bonchev–Trinajstić information content (AvgIpc) is 3.29. The largest absolute Gasteiger partial charge is 0.468 e. The summed E-state index contributed by atoms with van der Waals surface area (Å²) in [5.74, 6) is 1.85. The van der Waals surface area contributed by atoms with Crippen molar-refractivity contribution in [3.8, 4) is 0 Å². The highest BCUT2D eigenvalue weighted by molar-refractivity contribution is 14.0. The summed E-state index contributed by atoms with van der Waals surface area (Å²) in [6.07, 6.45) is 3.97. The number of piperidine rings is 1. The quantitative estimate of drug-likeness (QED) is 0.267. The highest BCUT2D eigenvalue weighted by atomic mass is 127. The van der Waals surface area contributed by atoms with Gasteiger partial charge in [0.1, 0.15) is 5.76 Å². The minimum absolute atomic E-state index is 0. The molecular weight excluding hydrogens is 517 g/mol. The van der Waals surface area contributed by atoms with E-state index in [9.17, 15) is 0 Å². The lowest BCUT2D eigenvalue weighted by molar-refractivity contribution is 0.128. The number of nitrogens with one attached hydrogen (secondary N) is 2. The van der Waals surface area contributed by atoms with Gasteiger partial charge in [-0.25, -0.2) is 0 Å². The van der Waals surface area contributed by atoms with Gasteiger partial charge in [0, 0.05) is 52.9 Å². The number of furan rings is 1. The summed E-state index contributed by atoms with van der Waals surface area (Å²) in [4.78, 5) is 9.18. The number of hydrogen-bond acceptors (Lipinski definition) is 5. The first-order valence-corrected chi connectivity index (χ1v) is 11.1. The fourth-order valence-corrected chi connectivity index (χ4v) is 3.99. The maximum atomic E-state index is 5.48. The van der Waals surface area contributed by atoms with E-state index in [0.29, 0.717) is 6.04 Å². The molecule has 0 saturated carbocycles. The van der Waals surface area contributed by atoms with Crippen molar-refractivity contribution in [1.82, 2.24) is 20.4 Å². The lowest BCUT2D eigenvalue weighted by atomic mass is 10.1. The van der Waals surface area contributed by atoms with Crippen LogP contribution in [0.3, 0.4) is 0 Å².